The van der Waals surface area contributed by atoms with Gasteiger partial charge in [-0.05, 0) is 64.2 Å². The topological polar surface area (TPSA) is 102 Å². The number of aliphatic carboxylic acids is 1. The zero-order chi connectivity index (χ0) is 44.9. The number of ether oxygens (including phenoxy) is 3. The van der Waals surface area contributed by atoms with Crippen molar-refractivity contribution in [2.24, 2.45) is 0 Å². The Bertz CT molecular complexity index is 1360. The Morgan fingerprint density at radius 3 is 1.49 bits per heavy atom. The maximum absolute atomic E-state index is 12.7. The molecule has 8 nitrogen and oxygen atoms in total. The summed E-state index contributed by atoms with van der Waals surface area (Å²) < 4.78 is 17.1. The lowest BCUT2D eigenvalue weighted by molar-refractivity contribution is -0.889. The van der Waals surface area contributed by atoms with Gasteiger partial charge >= 0.3 is 11.9 Å². The molecule has 2 atom stereocenters. The normalized spacial score (nSPS) is 13.9. The van der Waals surface area contributed by atoms with Crippen LogP contribution in [-0.2, 0) is 28.6 Å². The number of carboxylic acids is 1. The van der Waals surface area contributed by atoms with Gasteiger partial charge in [-0.25, -0.2) is 0 Å². The summed E-state index contributed by atoms with van der Waals surface area (Å²) in [6.45, 7) is 4.34. The van der Waals surface area contributed by atoms with Crippen LogP contribution >= 0.6 is 0 Å². The van der Waals surface area contributed by atoms with Gasteiger partial charge in [0.15, 0.2) is 6.10 Å². The van der Waals surface area contributed by atoms with Crippen molar-refractivity contribution in [1.29, 1.82) is 0 Å². The van der Waals surface area contributed by atoms with E-state index in [-0.39, 0.29) is 49.1 Å². The minimum absolute atomic E-state index is 0.0138. The molecular formula is C53H85NO7. The number of carboxylic acid groups (broad SMARTS) is 1. The Labute approximate surface area is 372 Å². The molecule has 0 saturated heterocycles. The zero-order valence-corrected chi connectivity index (χ0v) is 39.0. The van der Waals surface area contributed by atoms with Crippen molar-refractivity contribution in [3.05, 3.63) is 109 Å². The fraction of sp³-hybridized carbons (Fsp3) is 0.604. The minimum Gasteiger partial charge on any atom is -0.544 e. The van der Waals surface area contributed by atoms with E-state index >= 15 is 0 Å². The zero-order valence-electron chi connectivity index (χ0n) is 39.0. The molecule has 2 unspecified atom stereocenters. The Morgan fingerprint density at radius 1 is 0.508 bits per heavy atom. The van der Waals surface area contributed by atoms with Crippen molar-refractivity contribution in [3.63, 3.8) is 0 Å². The van der Waals surface area contributed by atoms with E-state index < -0.39 is 18.1 Å². The summed E-state index contributed by atoms with van der Waals surface area (Å²) >= 11 is 0. The number of esters is 2. The monoisotopic (exact) mass is 848 g/mol. The molecule has 0 spiro atoms. The van der Waals surface area contributed by atoms with Crippen LogP contribution in [0.3, 0.4) is 0 Å². The number of unbranched alkanes of at least 4 members (excludes halogenated alkanes) is 13. The molecule has 61 heavy (non-hydrogen) atoms. The highest BCUT2D eigenvalue weighted by Gasteiger charge is 2.25. The molecular weight excluding hydrogens is 763 g/mol. The Hall–Kier alpha value is -4.01. The largest absolute Gasteiger partial charge is 0.544 e. The predicted octanol–water partition coefficient (Wildman–Crippen LogP) is 11.9. The van der Waals surface area contributed by atoms with Crippen molar-refractivity contribution in [2.75, 3.05) is 41.0 Å². The summed E-state index contributed by atoms with van der Waals surface area (Å²) in [5.74, 6) is -1.81. The number of nitrogens with zero attached hydrogens (tertiary/aromatic N) is 1. The second kappa shape index (κ2) is 42.7. The number of carbonyl (C=O) groups is 3. The van der Waals surface area contributed by atoms with E-state index in [1.165, 1.54) is 51.4 Å². The van der Waals surface area contributed by atoms with Crippen molar-refractivity contribution in [1.82, 2.24) is 0 Å². The fourth-order valence-corrected chi connectivity index (χ4v) is 6.23. The van der Waals surface area contributed by atoms with Gasteiger partial charge in [-0.2, -0.15) is 0 Å². The third-order valence-corrected chi connectivity index (χ3v) is 9.82. The first-order valence-corrected chi connectivity index (χ1v) is 23.5. The van der Waals surface area contributed by atoms with Crippen LogP contribution in [0, 0.1) is 0 Å². The summed E-state index contributed by atoms with van der Waals surface area (Å²) in [6, 6.07) is -0.742. The van der Waals surface area contributed by atoms with Gasteiger partial charge in [-0.1, -0.05) is 181 Å². The number of quaternary nitrogens is 1. The molecule has 0 aliphatic carbocycles. The molecule has 0 aromatic carbocycles. The molecule has 0 fully saturated rings. The van der Waals surface area contributed by atoms with Gasteiger partial charge in [-0.15, -0.1) is 0 Å². The summed E-state index contributed by atoms with van der Waals surface area (Å²) in [6.07, 6.45) is 58.3. The van der Waals surface area contributed by atoms with E-state index in [4.69, 9.17) is 14.2 Å². The molecule has 0 aromatic rings. The van der Waals surface area contributed by atoms with E-state index in [0.717, 1.165) is 64.2 Å². The summed E-state index contributed by atoms with van der Waals surface area (Å²) in [7, 11) is 5.38. The van der Waals surface area contributed by atoms with Gasteiger partial charge in [0.1, 0.15) is 12.6 Å². The van der Waals surface area contributed by atoms with Crippen LogP contribution in [0.5, 0.6) is 0 Å². The van der Waals surface area contributed by atoms with Crippen LogP contribution in [0.15, 0.2) is 109 Å². The highest BCUT2D eigenvalue weighted by atomic mass is 16.6. The van der Waals surface area contributed by atoms with Crippen molar-refractivity contribution >= 4 is 17.9 Å². The molecule has 0 saturated carbocycles. The SMILES string of the molecule is CC/C=C/C=C/C=C/C=C/C=C/C=C/CCCCCC(=O)OC(COCCC(C(=O)[O-])[N+](C)(C)C)COC(=O)CCCCCCCCCCCC/C=C/C/C=C/C/C=C/CC. The highest BCUT2D eigenvalue weighted by Crippen LogP contribution is 2.14. The summed E-state index contributed by atoms with van der Waals surface area (Å²) in [5.41, 5.74) is 0. The third-order valence-electron chi connectivity index (χ3n) is 9.82. The van der Waals surface area contributed by atoms with E-state index in [1.807, 2.05) is 60.8 Å². The maximum atomic E-state index is 12.7. The van der Waals surface area contributed by atoms with Crippen LogP contribution in [0.1, 0.15) is 155 Å². The Balaban J connectivity index is 4.40. The fourth-order valence-electron chi connectivity index (χ4n) is 6.23. The van der Waals surface area contributed by atoms with E-state index in [9.17, 15) is 19.5 Å². The van der Waals surface area contributed by atoms with E-state index in [0.29, 0.717) is 12.8 Å². The number of hydrogen-bond donors (Lipinski definition) is 0. The first-order chi connectivity index (χ1) is 29.6. The lowest BCUT2D eigenvalue weighted by Gasteiger charge is -2.34. The number of hydrogen-bond acceptors (Lipinski definition) is 7. The number of allylic oxidation sites excluding steroid dienone is 18. The lowest BCUT2D eigenvalue weighted by Crippen LogP contribution is -2.55. The van der Waals surface area contributed by atoms with Gasteiger partial charge in [0, 0.05) is 19.3 Å². The van der Waals surface area contributed by atoms with Crippen LogP contribution in [0.4, 0.5) is 0 Å². The van der Waals surface area contributed by atoms with Crippen molar-refractivity contribution in [2.45, 2.75) is 167 Å². The standard InChI is InChI=1S/C53H85NO7/c1-6-8-10-12-14-16-18-20-22-24-25-26-28-29-31-33-35-37-39-41-43-51(55)60-48-49(47-59-46-45-50(53(57)58)54(3,4)5)61-52(56)44-42-40-38-36-34-32-30-27-23-21-19-17-15-13-11-9-7-2/h8-11,13-17,19-23,27,30,32,34,49-50H,6-7,12,18,24-26,28-29,31,33,35-48H2,1-5H3/b10-8+,11-9+,15-13+,16-14+,19-17+,22-20+,23-21+,30-27+,34-32+. The second-order valence-electron chi connectivity index (χ2n) is 16.4. The first kappa shape index (κ1) is 57.0. The summed E-state index contributed by atoms with van der Waals surface area (Å²) in [5, 5.41) is 11.6. The second-order valence-corrected chi connectivity index (χ2v) is 16.4. The molecule has 0 aromatic heterocycles. The molecule has 0 radical (unpaired) electrons. The smallest absolute Gasteiger partial charge is 0.306 e. The molecule has 0 amide bonds. The maximum Gasteiger partial charge on any atom is 0.306 e. The van der Waals surface area contributed by atoms with Gasteiger partial charge in [-0.3, -0.25) is 9.59 Å². The Morgan fingerprint density at radius 2 is 0.951 bits per heavy atom. The number of carbonyl (C=O) groups excluding carboxylic acids is 3. The third kappa shape index (κ3) is 41.1. The molecule has 0 heterocycles. The predicted molar refractivity (Wildman–Crippen MR) is 254 cm³/mol. The van der Waals surface area contributed by atoms with Gasteiger partial charge in [0.05, 0.1) is 40.3 Å². The molecule has 0 rings (SSSR count). The Kier molecular flexibility index (Phi) is 39.9. The van der Waals surface area contributed by atoms with E-state index in [2.05, 4.69) is 62.5 Å². The van der Waals surface area contributed by atoms with Crippen molar-refractivity contribution < 1.29 is 38.2 Å². The molecule has 0 bridgehead atoms. The van der Waals surface area contributed by atoms with Gasteiger partial charge < -0.3 is 28.6 Å². The molecule has 0 aliphatic heterocycles. The van der Waals surface area contributed by atoms with Gasteiger partial charge in [0.2, 0.25) is 0 Å². The van der Waals surface area contributed by atoms with Crippen LogP contribution in [-0.4, -0.2) is 75.5 Å². The van der Waals surface area contributed by atoms with Crippen LogP contribution < -0.4 is 5.11 Å². The number of rotatable bonds is 40. The van der Waals surface area contributed by atoms with Gasteiger partial charge in [0.25, 0.3) is 0 Å². The average Bonchev–Trinajstić information content (AvgIpc) is 3.22. The molecule has 8 heteroatoms. The minimum atomic E-state index is -1.14. The van der Waals surface area contributed by atoms with E-state index in [1.54, 1.807) is 21.1 Å². The van der Waals surface area contributed by atoms with Crippen LogP contribution in [0.25, 0.3) is 0 Å². The molecule has 0 aliphatic rings. The molecule has 344 valence electrons. The quantitative estimate of drug-likeness (QED) is 0.0199. The molecule has 0 N–H and O–H groups in total. The average molecular weight is 848 g/mol. The highest BCUT2D eigenvalue weighted by molar-refractivity contribution is 5.70. The summed E-state index contributed by atoms with van der Waals surface area (Å²) in [4.78, 5) is 36.9. The number of likely N-dealkylation sites (N-methyl/N-ethyl adjacent to an activating group) is 1. The van der Waals surface area contributed by atoms with Crippen molar-refractivity contribution in [3.8, 4) is 0 Å². The van der Waals surface area contributed by atoms with Crippen LogP contribution in [0.2, 0.25) is 0 Å². The lowest BCUT2D eigenvalue weighted by atomic mass is 10.1. The first-order valence-electron chi connectivity index (χ1n) is 23.5.